The Bertz CT molecular complexity index is 1110. The Kier molecular flexibility index (Phi) is 4.23. The minimum atomic E-state index is -3.35. The average molecular weight is 377 g/mol. The molecule has 0 saturated carbocycles. The zero-order valence-corrected chi connectivity index (χ0v) is 14.4. The minimum Gasteiger partial charge on any atom is -0.298 e. The minimum absolute atomic E-state index is 0.0800. The highest BCUT2D eigenvalue weighted by Gasteiger charge is 2.20. The summed E-state index contributed by atoms with van der Waals surface area (Å²) in [4.78, 5) is 27.0. The van der Waals surface area contributed by atoms with Crippen LogP contribution in [0.15, 0.2) is 47.4 Å². The molecule has 10 heteroatoms. The summed E-state index contributed by atoms with van der Waals surface area (Å²) in [5.74, 6) is -0.658. The van der Waals surface area contributed by atoms with E-state index in [0.29, 0.717) is 10.2 Å². The van der Waals surface area contributed by atoms with Gasteiger partial charge in [-0.1, -0.05) is 23.5 Å². The Balaban J connectivity index is 1.93. The predicted octanol–water partition coefficient (Wildman–Crippen LogP) is 2.86. The molecule has 0 bridgehead atoms. The Morgan fingerprint density at radius 3 is 2.64 bits per heavy atom. The highest BCUT2D eigenvalue weighted by molar-refractivity contribution is 7.90. The van der Waals surface area contributed by atoms with Gasteiger partial charge in [-0.05, 0) is 24.3 Å². The highest BCUT2D eigenvalue weighted by atomic mass is 32.2. The van der Waals surface area contributed by atoms with Crippen LogP contribution < -0.4 is 5.32 Å². The number of carbonyl (C=O) groups is 1. The predicted molar refractivity (Wildman–Crippen MR) is 93.8 cm³/mol. The Morgan fingerprint density at radius 2 is 1.96 bits per heavy atom. The first kappa shape index (κ1) is 17.0. The molecular formula is C15H11N3O5S2. The van der Waals surface area contributed by atoms with E-state index in [1.54, 1.807) is 6.07 Å². The monoisotopic (exact) mass is 377 g/mol. The molecule has 0 fully saturated rings. The van der Waals surface area contributed by atoms with E-state index in [-0.39, 0.29) is 21.3 Å². The van der Waals surface area contributed by atoms with Crippen molar-refractivity contribution in [2.75, 3.05) is 11.6 Å². The third-order valence-electron chi connectivity index (χ3n) is 3.35. The number of fused-ring (bicyclic) bond motifs is 1. The molecule has 0 spiro atoms. The number of thiazole rings is 1. The van der Waals surface area contributed by atoms with Crippen LogP contribution >= 0.6 is 11.3 Å². The van der Waals surface area contributed by atoms with Crippen LogP contribution in [-0.2, 0) is 9.84 Å². The topological polar surface area (TPSA) is 119 Å². The third kappa shape index (κ3) is 3.49. The maximum absolute atomic E-state index is 12.3. The number of amides is 1. The van der Waals surface area contributed by atoms with Crippen molar-refractivity contribution in [1.82, 2.24) is 4.98 Å². The van der Waals surface area contributed by atoms with Crippen LogP contribution in [0.5, 0.6) is 0 Å². The Labute approximate surface area is 146 Å². The summed E-state index contributed by atoms with van der Waals surface area (Å²) in [5.41, 5.74) is 0.138. The van der Waals surface area contributed by atoms with Crippen molar-refractivity contribution in [2.24, 2.45) is 0 Å². The fourth-order valence-corrected chi connectivity index (χ4v) is 3.80. The van der Waals surface area contributed by atoms with Crippen molar-refractivity contribution in [3.05, 3.63) is 58.1 Å². The lowest BCUT2D eigenvalue weighted by molar-refractivity contribution is -0.385. The van der Waals surface area contributed by atoms with Crippen LogP contribution in [0.25, 0.3) is 10.2 Å². The fraction of sp³-hybridized carbons (Fsp3) is 0.0667. The normalized spacial score (nSPS) is 11.4. The fourth-order valence-electron chi connectivity index (χ4n) is 2.18. The van der Waals surface area contributed by atoms with Gasteiger partial charge in [0.15, 0.2) is 15.0 Å². The molecule has 2 aromatic carbocycles. The summed E-state index contributed by atoms with van der Waals surface area (Å²) in [6, 6.07) is 10.0. The zero-order valence-electron chi connectivity index (χ0n) is 12.8. The molecule has 0 atom stereocenters. The van der Waals surface area contributed by atoms with E-state index in [9.17, 15) is 23.3 Å². The van der Waals surface area contributed by atoms with Gasteiger partial charge in [-0.25, -0.2) is 13.4 Å². The lowest BCUT2D eigenvalue weighted by atomic mass is 10.1. The molecule has 0 aliphatic heterocycles. The molecule has 0 aliphatic carbocycles. The number of anilines is 1. The molecular weight excluding hydrogens is 366 g/mol. The second kappa shape index (κ2) is 6.22. The van der Waals surface area contributed by atoms with E-state index in [4.69, 9.17) is 0 Å². The van der Waals surface area contributed by atoms with Gasteiger partial charge in [0.25, 0.3) is 11.6 Å². The maximum Gasteiger partial charge on any atom is 0.282 e. The number of nitrogens with one attached hydrogen (secondary N) is 1. The number of hydrogen-bond donors (Lipinski definition) is 1. The number of nitrogens with zero attached hydrogens (tertiary/aromatic N) is 2. The second-order valence-corrected chi connectivity index (χ2v) is 8.20. The van der Waals surface area contributed by atoms with Gasteiger partial charge in [-0.2, -0.15) is 0 Å². The van der Waals surface area contributed by atoms with Crippen molar-refractivity contribution in [1.29, 1.82) is 0 Å². The number of nitro groups is 1. The Morgan fingerprint density at radius 1 is 1.24 bits per heavy atom. The van der Waals surface area contributed by atoms with Crippen LogP contribution in [0.2, 0.25) is 0 Å². The summed E-state index contributed by atoms with van der Waals surface area (Å²) in [5, 5.41) is 13.7. The molecule has 1 N–H and O–H groups in total. The van der Waals surface area contributed by atoms with E-state index in [1.807, 2.05) is 0 Å². The summed E-state index contributed by atoms with van der Waals surface area (Å²) in [6.45, 7) is 0. The van der Waals surface area contributed by atoms with Crippen molar-refractivity contribution in [3.63, 3.8) is 0 Å². The van der Waals surface area contributed by atoms with E-state index in [0.717, 1.165) is 17.6 Å². The van der Waals surface area contributed by atoms with Gasteiger partial charge in [0.2, 0.25) is 0 Å². The number of para-hydroxylation sites is 1. The molecule has 0 radical (unpaired) electrons. The van der Waals surface area contributed by atoms with Crippen LogP contribution in [0, 0.1) is 10.1 Å². The molecule has 0 saturated heterocycles. The van der Waals surface area contributed by atoms with Crippen LogP contribution in [0.3, 0.4) is 0 Å². The van der Waals surface area contributed by atoms with Crippen LogP contribution in [0.4, 0.5) is 10.8 Å². The van der Waals surface area contributed by atoms with E-state index < -0.39 is 20.7 Å². The summed E-state index contributed by atoms with van der Waals surface area (Å²) in [6.07, 6.45) is 1.10. The van der Waals surface area contributed by atoms with Crippen molar-refractivity contribution in [3.8, 4) is 0 Å². The Hall–Kier alpha value is -2.85. The lowest BCUT2D eigenvalue weighted by Crippen LogP contribution is -2.13. The van der Waals surface area contributed by atoms with E-state index >= 15 is 0 Å². The molecule has 3 rings (SSSR count). The van der Waals surface area contributed by atoms with Crippen molar-refractivity contribution >= 4 is 48.1 Å². The number of sulfone groups is 1. The molecule has 1 heterocycles. The quantitative estimate of drug-likeness (QED) is 0.551. The number of nitro benzene ring substituents is 1. The zero-order chi connectivity index (χ0) is 18.2. The first-order valence-corrected chi connectivity index (χ1v) is 9.62. The van der Waals surface area contributed by atoms with Gasteiger partial charge in [-0.3, -0.25) is 20.2 Å². The maximum atomic E-state index is 12.3. The molecule has 25 heavy (non-hydrogen) atoms. The van der Waals surface area contributed by atoms with Gasteiger partial charge in [0.1, 0.15) is 5.56 Å². The van der Waals surface area contributed by atoms with E-state index in [1.165, 1.54) is 36.4 Å². The van der Waals surface area contributed by atoms with Crippen LogP contribution in [0.1, 0.15) is 10.4 Å². The van der Waals surface area contributed by atoms with Gasteiger partial charge < -0.3 is 0 Å². The largest absolute Gasteiger partial charge is 0.298 e. The standard InChI is InChI=1S/C15H11N3O5S2/c1-25(22,23)9-6-7-11-13(8-9)24-15(16-11)17-14(19)10-4-2-3-5-12(10)18(20)21/h2-8H,1H3,(H,16,17,19). The summed E-state index contributed by atoms with van der Waals surface area (Å²) >= 11 is 1.09. The lowest BCUT2D eigenvalue weighted by Gasteiger charge is -2.02. The summed E-state index contributed by atoms with van der Waals surface area (Å²) in [7, 11) is -3.35. The average Bonchev–Trinajstić information content (AvgIpc) is 2.95. The van der Waals surface area contributed by atoms with Crippen LogP contribution in [-0.4, -0.2) is 30.5 Å². The molecule has 1 aromatic heterocycles. The first-order chi connectivity index (χ1) is 11.8. The van der Waals surface area contributed by atoms with Gasteiger partial charge in [0, 0.05) is 12.3 Å². The first-order valence-electron chi connectivity index (χ1n) is 6.91. The molecule has 1 amide bonds. The van der Waals surface area contributed by atoms with Gasteiger partial charge >= 0.3 is 0 Å². The smallest absolute Gasteiger partial charge is 0.282 e. The number of benzene rings is 2. The summed E-state index contributed by atoms with van der Waals surface area (Å²) < 4.78 is 23.8. The number of carbonyl (C=O) groups excluding carboxylic acids is 1. The van der Waals surface area contributed by atoms with Crippen molar-refractivity contribution in [2.45, 2.75) is 4.90 Å². The molecule has 8 nitrogen and oxygen atoms in total. The van der Waals surface area contributed by atoms with E-state index in [2.05, 4.69) is 10.3 Å². The van der Waals surface area contributed by atoms with Gasteiger partial charge in [-0.15, -0.1) is 0 Å². The second-order valence-electron chi connectivity index (χ2n) is 5.15. The third-order valence-corrected chi connectivity index (χ3v) is 5.40. The number of hydrogen-bond acceptors (Lipinski definition) is 7. The molecule has 0 unspecified atom stereocenters. The molecule has 3 aromatic rings. The number of rotatable bonds is 4. The van der Waals surface area contributed by atoms with Crippen molar-refractivity contribution < 1.29 is 18.1 Å². The van der Waals surface area contributed by atoms with Gasteiger partial charge in [0.05, 0.1) is 20.0 Å². The number of aromatic nitrogens is 1. The molecule has 0 aliphatic rings. The SMILES string of the molecule is CS(=O)(=O)c1ccc2nc(NC(=O)c3ccccc3[N+](=O)[O-])sc2c1. The molecule has 128 valence electrons. The highest BCUT2D eigenvalue weighted by Crippen LogP contribution is 2.29.